The third-order valence-electron chi connectivity index (χ3n) is 0.966. The first-order valence-electron chi connectivity index (χ1n) is 2.46. The van der Waals surface area contributed by atoms with Gasteiger partial charge in [0, 0.05) is 11.8 Å². The van der Waals surface area contributed by atoms with E-state index in [9.17, 15) is 4.79 Å². The van der Waals surface area contributed by atoms with Gasteiger partial charge in [-0.25, -0.2) is 0 Å². The van der Waals surface area contributed by atoms with Crippen LogP contribution in [-0.4, -0.2) is 4.98 Å². The van der Waals surface area contributed by atoms with Crippen LogP contribution in [0.4, 0.5) is 0 Å². The van der Waals surface area contributed by atoms with E-state index in [-0.39, 0.29) is 5.56 Å². The fraction of sp³-hybridized carbons (Fsp3) is 0. The molecule has 0 saturated heterocycles. The molecule has 0 saturated carbocycles. The van der Waals surface area contributed by atoms with Gasteiger partial charge in [-0.05, 0) is 6.07 Å². The molecule has 0 atom stereocenters. The van der Waals surface area contributed by atoms with E-state index >= 15 is 0 Å². The van der Waals surface area contributed by atoms with Crippen molar-refractivity contribution in [3.05, 3.63) is 40.1 Å². The second-order valence-electron chi connectivity index (χ2n) is 1.56. The number of halogens is 1. The molecule has 0 unspecified atom stereocenters. The van der Waals surface area contributed by atoms with Crippen LogP contribution in [0.1, 0.15) is 5.56 Å². The van der Waals surface area contributed by atoms with Gasteiger partial charge >= 0.3 is 0 Å². The van der Waals surface area contributed by atoms with Crippen molar-refractivity contribution in [2.24, 2.45) is 0 Å². The van der Waals surface area contributed by atoms with Crippen molar-refractivity contribution >= 4 is 11.6 Å². The van der Waals surface area contributed by atoms with E-state index in [0.29, 0.717) is 5.56 Å². The summed E-state index contributed by atoms with van der Waals surface area (Å²) in [6, 6.07) is 3.36. The van der Waals surface area contributed by atoms with Crippen molar-refractivity contribution in [2.75, 3.05) is 0 Å². The van der Waals surface area contributed by atoms with E-state index < -0.39 is 0 Å². The zero-order valence-corrected chi connectivity index (χ0v) is 5.35. The number of pyridine rings is 1. The highest BCUT2D eigenvalue weighted by Gasteiger charge is 1.92. The zero-order chi connectivity index (χ0) is 6.69. The van der Waals surface area contributed by atoms with Crippen LogP contribution in [-0.2, 0) is 0 Å². The number of hydrogen-bond donors (Lipinski definition) is 1. The predicted octanol–water partition coefficient (Wildman–Crippen LogP) is 1.12. The van der Waals surface area contributed by atoms with Crippen LogP contribution in [0.25, 0.3) is 0 Å². The van der Waals surface area contributed by atoms with E-state index in [1.165, 1.54) is 5.88 Å². The number of aromatic amines is 1. The predicted molar refractivity (Wildman–Crippen MR) is 36.3 cm³/mol. The number of nitrogens with one attached hydrogen (secondary N) is 1. The minimum absolute atomic E-state index is 0.160. The van der Waals surface area contributed by atoms with Crippen molar-refractivity contribution in [3.8, 4) is 0 Å². The summed E-state index contributed by atoms with van der Waals surface area (Å²) in [5, 5.41) is 0. The summed E-state index contributed by atoms with van der Waals surface area (Å²) in [6.45, 7) is 0. The van der Waals surface area contributed by atoms with Crippen molar-refractivity contribution in [1.82, 2.24) is 4.98 Å². The molecule has 0 aliphatic carbocycles. The van der Waals surface area contributed by atoms with Gasteiger partial charge in [-0.15, -0.1) is 11.6 Å². The molecule has 1 radical (unpaired) electrons. The van der Waals surface area contributed by atoms with Crippen LogP contribution >= 0.6 is 11.6 Å². The summed E-state index contributed by atoms with van der Waals surface area (Å²) >= 11 is 5.29. The summed E-state index contributed by atoms with van der Waals surface area (Å²) in [6.07, 6.45) is 1.56. The average Bonchev–Trinajstić information content (AvgIpc) is 1.89. The Morgan fingerprint density at radius 2 is 2.44 bits per heavy atom. The molecule has 0 aromatic carbocycles. The van der Waals surface area contributed by atoms with Gasteiger partial charge in [0.05, 0.1) is 5.88 Å². The van der Waals surface area contributed by atoms with E-state index in [1.54, 1.807) is 18.3 Å². The smallest absolute Gasteiger partial charge is 0.252 e. The largest absolute Gasteiger partial charge is 0.329 e. The van der Waals surface area contributed by atoms with Crippen molar-refractivity contribution < 1.29 is 0 Å². The standard InChI is InChI=1S/C6H5ClNO/c7-4-5-2-1-3-8-6(5)9/h1-4H,(H,8,9). The highest BCUT2D eigenvalue weighted by molar-refractivity contribution is 6.25. The molecule has 3 heteroatoms. The molecule has 2 nitrogen and oxygen atoms in total. The second kappa shape index (κ2) is 2.69. The van der Waals surface area contributed by atoms with Gasteiger partial charge in [0.2, 0.25) is 0 Å². The lowest BCUT2D eigenvalue weighted by Crippen LogP contribution is -2.07. The summed E-state index contributed by atoms with van der Waals surface area (Å²) in [4.78, 5) is 13.2. The Morgan fingerprint density at radius 1 is 1.67 bits per heavy atom. The first-order valence-corrected chi connectivity index (χ1v) is 2.89. The lowest BCUT2D eigenvalue weighted by molar-refractivity contribution is 1.21. The SMILES string of the molecule is O=c1[nH]cccc1[CH]Cl. The molecule has 1 heterocycles. The normalized spacial score (nSPS) is 9.44. The molecule has 0 spiro atoms. The third-order valence-corrected chi connectivity index (χ3v) is 1.20. The maximum absolute atomic E-state index is 10.7. The Morgan fingerprint density at radius 3 is 2.89 bits per heavy atom. The Balaban J connectivity index is 3.16. The first kappa shape index (κ1) is 6.36. The van der Waals surface area contributed by atoms with E-state index in [0.717, 1.165) is 0 Å². The van der Waals surface area contributed by atoms with Crippen molar-refractivity contribution in [1.29, 1.82) is 0 Å². The summed E-state index contributed by atoms with van der Waals surface area (Å²) in [7, 11) is 0. The quantitative estimate of drug-likeness (QED) is 0.627. The van der Waals surface area contributed by atoms with E-state index in [1.807, 2.05) is 0 Å². The van der Waals surface area contributed by atoms with Crippen LogP contribution in [0.15, 0.2) is 23.1 Å². The molecule has 1 aromatic heterocycles. The topological polar surface area (TPSA) is 32.9 Å². The zero-order valence-electron chi connectivity index (χ0n) is 4.60. The fourth-order valence-corrected chi connectivity index (χ4v) is 0.692. The van der Waals surface area contributed by atoms with Gasteiger partial charge in [-0.2, -0.15) is 0 Å². The lowest BCUT2D eigenvalue weighted by Gasteiger charge is -1.87. The molecule has 1 N–H and O–H groups in total. The van der Waals surface area contributed by atoms with Crippen LogP contribution in [0.3, 0.4) is 0 Å². The summed E-state index contributed by atoms with van der Waals surface area (Å²) in [5.74, 6) is 1.25. The molecule has 1 aromatic rings. The number of hydrogen-bond acceptors (Lipinski definition) is 1. The highest BCUT2D eigenvalue weighted by atomic mass is 35.5. The van der Waals surface area contributed by atoms with Gasteiger partial charge in [-0.1, -0.05) is 6.07 Å². The Bertz CT molecular complexity index is 243. The highest BCUT2D eigenvalue weighted by Crippen LogP contribution is 1.95. The van der Waals surface area contributed by atoms with E-state index in [4.69, 9.17) is 11.6 Å². The molecular formula is C6H5ClNO. The third kappa shape index (κ3) is 1.33. The van der Waals surface area contributed by atoms with Crippen LogP contribution in [0.5, 0.6) is 0 Å². The lowest BCUT2D eigenvalue weighted by atomic mass is 10.3. The average molecular weight is 143 g/mol. The van der Waals surface area contributed by atoms with Crippen molar-refractivity contribution in [2.45, 2.75) is 0 Å². The number of aromatic nitrogens is 1. The molecule has 0 aliphatic heterocycles. The maximum Gasteiger partial charge on any atom is 0.252 e. The minimum atomic E-state index is -0.160. The molecule has 9 heavy (non-hydrogen) atoms. The Hall–Kier alpha value is -0.760. The minimum Gasteiger partial charge on any atom is -0.329 e. The summed E-state index contributed by atoms with van der Waals surface area (Å²) < 4.78 is 0. The number of rotatable bonds is 1. The molecular weight excluding hydrogens is 138 g/mol. The molecule has 0 bridgehead atoms. The van der Waals surface area contributed by atoms with E-state index in [2.05, 4.69) is 4.98 Å². The van der Waals surface area contributed by atoms with Gasteiger partial charge in [0.1, 0.15) is 0 Å². The Kier molecular flexibility index (Phi) is 1.90. The molecule has 0 fully saturated rings. The monoisotopic (exact) mass is 142 g/mol. The number of H-pyrrole nitrogens is 1. The first-order chi connectivity index (χ1) is 4.34. The molecule has 47 valence electrons. The molecule has 1 rings (SSSR count). The van der Waals surface area contributed by atoms with Crippen LogP contribution in [0, 0.1) is 5.88 Å². The Labute approximate surface area is 57.5 Å². The summed E-state index contributed by atoms with van der Waals surface area (Å²) in [5.41, 5.74) is 0.326. The molecule has 0 aliphatic rings. The van der Waals surface area contributed by atoms with Gasteiger partial charge in [0.15, 0.2) is 0 Å². The molecule has 0 amide bonds. The maximum atomic E-state index is 10.7. The fourth-order valence-electron chi connectivity index (χ4n) is 0.521. The van der Waals surface area contributed by atoms with Crippen molar-refractivity contribution in [3.63, 3.8) is 0 Å². The van der Waals surface area contributed by atoms with Gasteiger partial charge < -0.3 is 4.98 Å². The van der Waals surface area contributed by atoms with Gasteiger partial charge in [0.25, 0.3) is 5.56 Å². The second-order valence-corrected chi connectivity index (χ2v) is 1.78. The van der Waals surface area contributed by atoms with Gasteiger partial charge in [-0.3, -0.25) is 4.79 Å². The van der Waals surface area contributed by atoms with Crippen LogP contribution in [0.2, 0.25) is 0 Å². The van der Waals surface area contributed by atoms with Crippen LogP contribution < -0.4 is 5.56 Å².